The number of aliphatic hydroxyl groups excluding tert-OH is 1. The zero-order chi connectivity index (χ0) is 15.8. The number of carbonyl (C=O) groups is 1. The van der Waals surface area contributed by atoms with Crippen molar-refractivity contribution in [2.75, 3.05) is 11.9 Å². The highest BCUT2D eigenvalue weighted by Gasteiger charge is 2.18. The second-order valence-electron chi connectivity index (χ2n) is 5.89. The largest absolute Gasteiger partial charge is 0.396 e. The van der Waals surface area contributed by atoms with Gasteiger partial charge in [0.05, 0.1) is 5.69 Å². The number of carbonyl (C=O) groups excluding carboxylic acids is 1. The fraction of sp³-hybridized carbons (Fsp3) is 0.588. The summed E-state index contributed by atoms with van der Waals surface area (Å²) in [5, 5.41) is 15.4. The van der Waals surface area contributed by atoms with Gasteiger partial charge in [0.1, 0.15) is 0 Å². The lowest BCUT2D eigenvalue weighted by molar-refractivity contribution is 0.245. The van der Waals surface area contributed by atoms with Gasteiger partial charge in [-0.3, -0.25) is 0 Å². The Morgan fingerprint density at radius 1 is 1.36 bits per heavy atom. The van der Waals surface area contributed by atoms with Gasteiger partial charge >= 0.3 is 6.03 Å². The monoisotopic (exact) mass is 322 g/mol. The number of amides is 2. The number of hydrogen-bond donors (Lipinski definition) is 3. The number of anilines is 1. The van der Waals surface area contributed by atoms with Crippen LogP contribution in [0.25, 0.3) is 0 Å². The smallest absolute Gasteiger partial charge is 0.319 e. The molecule has 0 aromatic heterocycles. The van der Waals surface area contributed by atoms with E-state index in [0.717, 1.165) is 17.0 Å². The summed E-state index contributed by atoms with van der Waals surface area (Å²) in [6.45, 7) is 2.11. The number of hydrogen-bond acceptors (Lipinski definition) is 3. The van der Waals surface area contributed by atoms with Gasteiger partial charge < -0.3 is 15.7 Å². The molecular weight excluding hydrogens is 296 g/mol. The molecule has 1 fully saturated rings. The summed E-state index contributed by atoms with van der Waals surface area (Å²) < 4.78 is 0. The molecule has 0 bridgehead atoms. The number of aliphatic hydroxyl groups is 1. The van der Waals surface area contributed by atoms with Gasteiger partial charge in [0.2, 0.25) is 0 Å². The van der Waals surface area contributed by atoms with Gasteiger partial charge in [0.25, 0.3) is 0 Å². The zero-order valence-corrected chi connectivity index (χ0v) is 14.0. The Kier molecular flexibility index (Phi) is 7.06. The van der Waals surface area contributed by atoms with Crippen molar-refractivity contribution in [1.82, 2.24) is 5.32 Å². The minimum absolute atomic E-state index is 0.0572. The summed E-state index contributed by atoms with van der Waals surface area (Å²) >= 11 is 1.88. The number of benzene rings is 1. The molecule has 4 nitrogen and oxygen atoms in total. The number of urea groups is 1. The molecule has 1 aromatic carbocycles. The van der Waals surface area contributed by atoms with Crippen LogP contribution in [0.3, 0.4) is 0 Å². The average Bonchev–Trinajstić information content (AvgIpc) is 3.00. The quantitative estimate of drug-likeness (QED) is 0.711. The Morgan fingerprint density at radius 2 is 2.09 bits per heavy atom. The van der Waals surface area contributed by atoms with Gasteiger partial charge in [0.15, 0.2) is 0 Å². The third-order valence-electron chi connectivity index (χ3n) is 3.90. The van der Waals surface area contributed by atoms with E-state index in [9.17, 15) is 4.79 Å². The van der Waals surface area contributed by atoms with E-state index in [2.05, 4.69) is 16.7 Å². The Hall–Kier alpha value is -1.20. The van der Waals surface area contributed by atoms with Crippen molar-refractivity contribution in [3.63, 3.8) is 0 Å². The van der Waals surface area contributed by atoms with Crippen LogP contribution in [0.1, 0.15) is 45.4 Å². The van der Waals surface area contributed by atoms with E-state index in [0.29, 0.717) is 11.7 Å². The average molecular weight is 322 g/mol. The Bertz CT molecular complexity index is 475. The van der Waals surface area contributed by atoms with Crippen LogP contribution >= 0.6 is 11.8 Å². The molecule has 1 aliphatic rings. The fourth-order valence-electron chi connectivity index (χ4n) is 2.71. The molecule has 0 saturated heterocycles. The van der Waals surface area contributed by atoms with E-state index in [1.807, 2.05) is 36.9 Å². The number of rotatable bonds is 7. The topological polar surface area (TPSA) is 61.4 Å². The van der Waals surface area contributed by atoms with Crippen molar-refractivity contribution in [2.45, 2.75) is 61.6 Å². The van der Waals surface area contributed by atoms with Gasteiger partial charge in [-0.25, -0.2) is 4.79 Å². The molecule has 122 valence electrons. The third kappa shape index (κ3) is 5.54. The number of thioether (sulfide) groups is 1. The highest BCUT2D eigenvalue weighted by molar-refractivity contribution is 8.00. The second kappa shape index (κ2) is 9.06. The fourth-order valence-corrected chi connectivity index (χ4v) is 4.04. The molecule has 2 amide bonds. The van der Waals surface area contributed by atoms with Gasteiger partial charge in [-0.15, -0.1) is 11.8 Å². The molecule has 2 rings (SSSR count). The molecular formula is C17H26N2O2S. The van der Waals surface area contributed by atoms with Crippen LogP contribution in [0.15, 0.2) is 29.2 Å². The molecule has 3 N–H and O–H groups in total. The molecule has 5 heteroatoms. The second-order valence-corrected chi connectivity index (χ2v) is 7.23. The summed E-state index contributed by atoms with van der Waals surface area (Å²) in [5.41, 5.74) is 0.881. The molecule has 0 radical (unpaired) electrons. The highest BCUT2D eigenvalue weighted by Crippen LogP contribution is 2.37. The maximum Gasteiger partial charge on any atom is 0.319 e. The molecule has 1 saturated carbocycles. The van der Waals surface area contributed by atoms with Crippen LogP contribution < -0.4 is 10.6 Å². The van der Waals surface area contributed by atoms with Crippen LogP contribution in [-0.2, 0) is 0 Å². The summed E-state index contributed by atoms with van der Waals surface area (Å²) in [4.78, 5) is 13.2. The molecule has 22 heavy (non-hydrogen) atoms. The molecule has 1 aromatic rings. The van der Waals surface area contributed by atoms with Crippen LogP contribution in [-0.4, -0.2) is 29.0 Å². The lowest BCUT2D eigenvalue weighted by Crippen LogP contribution is -2.36. The van der Waals surface area contributed by atoms with Gasteiger partial charge in [0, 0.05) is 22.8 Å². The van der Waals surface area contributed by atoms with E-state index in [1.54, 1.807) is 0 Å². The van der Waals surface area contributed by atoms with Gasteiger partial charge in [-0.05, 0) is 44.7 Å². The van der Waals surface area contributed by atoms with E-state index in [4.69, 9.17) is 5.11 Å². The maximum atomic E-state index is 12.1. The van der Waals surface area contributed by atoms with Crippen molar-refractivity contribution in [3.8, 4) is 0 Å². The van der Waals surface area contributed by atoms with Crippen LogP contribution in [0.4, 0.5) is 10.5 Å². The first kappa shape index (κ1) is 17.2. The van der Waals surface area contributed by atoms with Gasteiger partial charge in [-0.2, -0.15) is 0 Å². The van der Waals surface area contributed by atoms with Crippen molar-refractivity contribution in [3.05, 3.63) is 24.3 Å². The van der Waals surface area contributed by atoms with Crippen molar-refractivity contribution < 1.29 is 9.90 Å². The maximum absolute atomic E-state index is 12.1. The lowest BCUT2D eigenvalue weighted by Gasteiger charge is -2.17. The van der Waals surface area contributed by atoms with Crippen LogP contribution in [0, 0.1) is 0 Å². The third-order valence-corrected chi connectivity index (χ3v) is 5.32. The Morgan fingerprint density at radius 3 is 2.82 bits per heavy atom. The van der Waals surface area contributed by atoms with Crippen molar-refractivity contribution >= 4 is 23.5 Å². The van der Waals surface area contributed by atoms with Gasteiger partial charge in [-0.1, -0.05) is 25.0 Å². The highest BCUT2D eigenvalue weighted by atomic mass is 32.2. The summed E-state index contributed by atoms with van der Waals surface area (Å²) in [6, 6.07) is 7.88. The predicted molar refractivity (Wildman–Crippen MR) is 92.5 cm³/mol. The normalized spacial score (nSPS) is 16.5. The SMILES string of the molecule is CC(CCCO)NC(=O)Nc1ccccc1SC1CCCC1. The predicted octanol–water partition coefficient (Wildman–Crippen LogP) is 4.00. The molecule has 0 heterocycles. The number of nitrogens with one attached hydrogen (secondary N) is 2. The van der Waals surface area contributed by atoms with E-state index >= 15 is 0 Å². The van der Waals surface area contributed by atoms with E-state index in [-0.39, 0.29) is 18.7 Å². The van der Waals surface area contributed by atoms with E-state index < -0.39 is 0 Å². The lowest BCUT2D eigenvalue weighted by atomic mass is 10.2. The minimum atomic E-state index is -0.176. The Balaban J connectivity index is 1.89. The molecule has 1 atom stereocenters. The first-order valence-electron chi connectivity index (χ1n) is 8.13. The molecule has 0 aliphatic heterocycles. The first-order valence-corrected chi connectivity index (χ1v) is 9.01. The summed E-state index contributed by atoms with van der Waals surface area (Å²) in [5.74, 6) is 0. The van der Waals surface area contributed by atoms with Crippen molar-refractivity contribution in [1.29, 1.82) is 0 Å². The van der Waals surface area contributed by atoms with E-state index in [1.165, 1.54) is 25.7 Å². The van der Waals surface area contributed by atoms with Crippen molar-refractivity contribution in [2.24, 2.45) is 0 Å². The molecule has 1 unspecified atom stereocenters. The first-order chi connectivity index (χ1) is 10.7. The molecule has 1 aliphatic carbocycles. The van der Waals surface area contributed by atoms with Crippen LogP contribution in [0.5, 0.6) is 0 Å². The summed E-state index contributed by atoms with van der Waals surface area (Å²) in [6.07, 6.45) is 6.65. The molecule has 0 spiro atoms. The summed E-state index contributed by atoms with van der Waals surface area (Å²) in [7, 11) is 0. The standard InChI is InChI=1S/C17H26N2O2S/c1-13(7-6-12-20)18-17(21)19-15-10-4-5-11-16(15)22-14-8-2-3-9-14/h4-5,10-11,13-14,20H,2-3,6-9,12H2,1H3,(H2,18,19,21). The Labute approximate surface area is 137 Å². The minimum Gasteiger partial charge on any atom is -0.396 e. The zero-order valence-electron chi connectivity index (χ0n) is 13.2. The van der Waals surface area contributed by atoms with Crippen LogP contribution in [0.2, 0.25) is 0 Å². The number of para-hydroxylation sites is 1.